The van der Waals surface area contributed by atoms with E-state index in [1.54, 1.807) is 0 Å². The topological polar surface area (TPSA) is 34.1 Å². The minimum atomic E-state index is -0.0529. The smallest absolute Gasteiger partial charge is 0.155 e. The zero-order valence-electron chi connectivity index (χ0n) is 14.2. The van der Waals surface area contributed by atoms with Gasteiger partial charge in [0.25, 0.3) is 0 Å². The van der Waals surface area contributed by atoms with Crippen LogP contribution in [0.5, 0.6) is 0 Å². The molecule has 0 N–H and O–H groups in total. The largest absolute Gasteiger partial charge is 0.299 e. The van der Waals surface area contributed by atoms with Crippen molar-refractivity contribution in [3.63, 3.8) is 0 Å². The maximum absolute atomic E-state index is 12.7. The summed E-state index contributed by atoms with van der Waals surface area (Å²) >= 11 is 0. The number of hydrogen-bond donors (Lipinski definition) is 0. The molecule has 4 aliphatic rings. The quantitative estimate of drug-likeness (QED) is 0.667. The predicted octanol–water partition coefficient (Wildman–Crippen LogP) is 4.33. The molecule has 0 aromatic rings. The molecule has 0 saturated heterocycles. The molecule has 0 aromatic heterocycles. The maximum Gasteiger partial charge on any atom is 0.155 e. The molecular formula is C20H28O2. The second kappa shape index (κ2) is 4.55. The SMILES string of the molecule is C[C@H]1C[C@H]2[C@@H]3CCC4=CC(=O)CC[C@]4(C)[C@H]3CC[C@]2(C)C1=O. The molecule has 120 valence electrons. The van der Waals surface area contributed by atoms with Crippen molar-refractivity contribution in [1.29, 1.82) is 0 Å². The Bertz CT molecular complexity index is 574. The van der Waals surface area contributed by atoms with Crippen LogP contribution < -0.4 is 0 Å². The molecule has 0 aromatic carbocycles. The zero-order chi connectivity index (χ0) is 15.7. The third kappa shape index (κ3) is 1.73. The summed E-state index contributed by atoms with van der Waals surface area (Å²) in [5, 5.41) is 0. The molecule has 0 aliphatic heterocycles. The first-order chi connectivity index (χ1) is 10.4. The zero-order valence-corrected chi connectivity index (χ0v) is 14.2. The van der Waals surface area contributed by atoms with Crippen LogP contribution in [0.25, 0.3) is 0 Å². The van der Waals surface area contributed by atoms with Gasteiger partial charge in [0.05, 0.1) is 0 Å². The van der Waals surface area contributed by atoms with Gasteiger partial charge in [-0.05, 0) is 67.8 Å². The van der Waals surface area contributed by atoms with Crippen LogP contribution in [0.4, 0.5) is 0 Å². The molecule has 2 heteroatoms. The fourth-order valence-corrected chi connectivity index (χ4v) is 6.67. The first-order valence-electron chi connectivity index (χ1n) is 9.14. The van der Waals surface area contributed by atoms with Gasteiger partial charge in [0.1, 0.15) is 5.78 Å². The number of rotatable bonds is 0. The van der Waals surface area contributed by atoms with E-state index in [1.807, 2.05) is 6.08 Å². The first-order valence-corrected chi connectivity index (χ1v) is 9.14. The lowest BCUT2D eigenvalue weighted by atomic mass is 9.47. The second-order valence-electron chi connectivity index (χ2n) is 8.93. The highest BCUT2D eigenvalue weighted by Crippen LogP contribution is 2.64. The van der Waals surface area contributed by atoms with Gasteiger partial charge in [-0.1, -0.05) is 26.3 Å². The number of fused-ring (bicyclic) bond motifs is 5. The summed E-state index contributed by atoms with van der Waals surface area (Å²) < 4.78 is 0. The number of Topliss-reactive ketones (excluding diaryl/α,β-unsaturated/α-hetero) is 1. The van der Waals surface area contributed by atoms with E-state index >= 15 is 0 Å². The van der Waals surface area contributed by atoms with Crippen molar-refractivity contribution in [3.05, 3.63) is 11.6 Å². The Kier molecular flexibility index (Phi) is 3.03. The van der Waals surface area contributed by atoms with Crippen LogP contribution in [0.3, 0.4) is 0 Å². The summed E-state index contributed by atoms with van der Waals surface area (Å²) in [4.78, 5) is 24.5. The summed E-state index contributed by atoms with van der Waals surface area (Å²) in [7, 11) is 0. The molecule has 3 saturated carbocycles. The fraction of sp³-hybridized carbons (Fsp3) is 0.800. The van der Waals surface area contributed by atoms with Gasteiger partial charge in [0, 0.05) is 17.8 Å². The van der Waals surface area contributed by atoms with Crippen LogP contribution in [-0.2, 0) is 9.59 Å². The van der Waals surface area contributed by atoms with Gasteiger partial charge in [-0.3, -0.25) is 9.59 Å². The number of ketones is 2. The molecule has 0 bridgehead atoms. The molecule has 0 unspecified atom stereocenters. The van der Waals surface area contributed by atoms with Crippen molar-refractivity contribution in [2.45, 2.75) is 65.7 Å². The van der Waals surface area contributed by atoms with Gasteiger partial charge < -0.3 is 0 Å². The van der Waals surface area contributed by atoms with Crippen molar-refractivity contribution in [1.82, 2.24) is 0 Å². The molecule has 0 radical (unpaired) electrons. The molecule has 6 atom stereocenters. The molecule has 0 heterocycles. The lowest BCUT2D eigenvalue weighted by Gasteiger charge is -2.56. The van der Waals surface area contributed by atoms with Crippen molar-refractivity contribution in [3.8, 4) is 0 Å². The molecule has 0 spiro atoms. The lowest BCUT2D eigenvalue weighted by molar-refractivity contribution is -0.134. The maximum atomic E-state index is 12.7. The van der Waals surface area contributed by atoms with Gasteiger partial charge in [0.15, 0.2) is 5.78 Å². The molecule has 22 heavy (non-hydrogen) atoms. The minimum absolute atomic E-state index is 0.0529. The van der Waals surface area contributed by atoms with Crippen LogP contribution >= 0.6 is 0 Å². The average Bonchev–Trinajstić information content (AvgIpc) is 2.72. The van der Waals surface area contributed by atoms with Gasteiger partial charge >= 0.3 is 0 Å². The van der Waals surface area contributed by atoms with Crippen LogP contribution in [0, 0.1) is 34.5 Å². The Hall–Kier alpha value is -0.920. The second-order valence-corrected chi connectivity index (χ2v) is 8.93. The van der Waals surface area contributed by atoms with Crippen LogP contribution in [0.1, 0.15) is 65.7 Å². The van der Waals surface area contributed by atoms with Crippen molar-refractivity contribution >= 4 is 11.6 Å². The standard InChI is InChI=1S/C20H28O2/c1-12-10-17-15-5-4-13-11-14(21)6-8-19(13,2)16(15)7-9-20(17,3)18(12)22/h11-12,15-17H,4-10H2,1-3H3/t12-,15+,16-,17-,19-,20-/m0/s1. The van der Waals surface area contributed by atoms with Crippen molar-refractivity contribution < 1.29 is 9.59 Å². The van der Waals surface area contributed by atoms with E-state index in [0.29, 0.717) is 29.3 Å². The molecule has 3 fully saturated rings. The number of hydrogen-bond acceptors (Lipinski definition) is 2. The molecule has 0 amide bonds. The fourth-order valence-electron chi connectivity index (χ4n) is 6.67. The summed E-state index contributed by atoms with van der Waals surface area (Å²) in [6.07, 6.45) is 9.35. The Morgan fingerprint density at radius 1 is 1.00 bits per heavy atom. The third-order valence-corrected chi connectivity index (χ3v) is 7.97. The molecular weight excluding hydrogens is 272 g/mol. The van der Waals surface area contributed by atoms with Gasteiger partial charge in [-0.15, -0.1) is 0 Å². The number of carbonyl (C=O) groups excluding carboxylic acids is 2. The van der Waals surface area contributed by atoms with Crippen LogP contribution in [0.15, 0.2) is 11.6 Å². The average molecular weight is 300 g/mol. The number of allylic oxidation sites excluding steroid dienone is 1. The highest BCUT2D eigenvalue weighted by Gasteiger charge is 2.60. The third-order valence-electron chi connectivity index (χ3n) is 7.97. The first kappa shape index (κ1) is 14.7. The predicted molar refractivity (Wildman–Crippen MR) is 86.3 cm³/mol. The monoisotopic (exact) mass is 300 g/mol. The summed E-state index contributed by atoms with van der Waals surface area (Å²) in [5.74, 6) is 3.09. The van der Waals surface area contributed by atoms with E-state index in [-0.39, 0.29) is 16.7 Å². The molecule has 4 aliphatic carbocycles. The van der Waals surface area contributed by atoms with Gasteiger partial charge in [-0.2, -0.15) is 0 Å². The normalized spacial score (nSPS) is 51.0. The van der Waals surface area contributed by atoms with Gasteiger partial charge in [0.2, 0.25) is 0 Å². The summed E-state index contributed by atoms with van der Waals surface area (Å²) in [5.41, 5.74) is 1.60. The van der Waals surface area contributed by atoms with E-state index < -0.39 is 0 Å². The van der Waals surface area contributed by atoms with Gasteiger partial charge in [-0.25, -0.2) is 0 Å². The Balaban J connectivity index is 1.70. The van der Waals surface area contributed by atoms with E-state index in [1.165, 1.54) is 18.4 Å². The van der Waals surface area contributed by atoms with E-state index in [0.717, 1.165) is 32.1 Å². The van der Waals surface area contributed by atoms with E-state index in [4.69, 9.17) is 0 Å². The lowest BCUT2D eigenvalue weighted by Crippen LogP contribution is -2.50. The Morgan fingerprint density at radius 2 is 1.77 bits per heavy atom. The number of carbonyl (C=O) groups is 2. The van der Waals surface area contributed by atoms with Crippen molar-refractivity contribution in [2.75, 3.05) is 0 Å². The highest BCUT2D eigenvalue weighted by molar-refractivity contribution is 5.92. The van der Waals surface area contributed by atoms with Crippen LogP contribution in [-0.4, -0.2) is 11.6 Å². The van der Waals surface area contributed by atoms with Crippen molar-refractivity contribution in [2.24, 2.45) is 34.5 Å². The molecule has 4 rings (SSSR count). The van der Waals surface area contributed by atoms with E-state index in [9.17, 15) is 9.59 Å². The highest BCUT2D eigenvalue weighted by atomic mass is 16.1. The Labute approximate surface area is 133 Å². The summed E-state index contributed by atoms with van der Waals surface area (Å²) in [6.45, 7) is 6.79. The summed E-state index contributed by atoms with van der Waals surface area (Å²) in [6, 6.07) is 0. The molecule has 2 nitrogen and oxygen atoms in total. The van der Waals surface area contributed by atoms with E-state index in [2.05, 4.69) is 20.8 Å². The minimum Gasteiger partial charge on any atom is -0.299 e. The Morgan fingerprint density at radius 3 is 2.55 bits per heavy atom. The van der Waals surface area contributed by atoms with Crippen LogP contribution in [0.2, 0.25) is 0 Å².